The van der Waals surface area contributed by atoms with Gasteiger partial charge in [0.05, 0.1) is 12.5 Å². The topological polar surface area (TPSA) is 57.5 Å². The summed E-state index contributed by atoms with van der Waals surface area (Å²) < 4.78 is 11.6. The highest BCUT2D eigenvalue weighted by atomic mass is 16.6. The molecule has 110 valence electrons. The predicted molar refractivity (Wildman–Crippen MR) is 78.5 cm³/mol. The molecule has 0 aliphatic rings. The SMILES string of the molecule is CNC(C)COB(OCCC#N)N(C(C)C)C(C)C. The molecule has 0 aromatic rings. The van der Waals surface area contributed by atoms with Crippen molar-refractivity contribution in [2.45, 2.75) is 59.2 Å². The Morgan fingerprint density at radius 2 is 1.74 bits per heavy atom. The van der Waals surface area contributed by atoms with Crippen molar-refractivity contribution in [1.29, 1.82) is 5.26 Å². The van der Waals surface area contributed by atoms with E-state index < -0.39 is 7.25 Å². The summed E-state index contributed by atoms with van der Waals surface area (Å²) in [4.78, 5) is 2.17. The van der Waals surface area contributed by atoms with Crippen LogP contribution in [-0.2, 0) is 9.31 Å². The van der Waals surface area contributed by atoms with Gasteiger partial charge in [-0.15, -0.1) is 0 Å². The van der Waals surface area contributed by atoms with Crippen molar-refractivity contribution in [2.24, 2.45) is 0 Å². The summed E-state index contributed by atoms with van der Waals surface area (Å²) in [6.45, 7) is 11.5. The number of nitriles is 1. The van der Waals surface area contributed by atoms with Gasteiger partial charge in [-0.05, 0) is 26.1 Å². The van der Waals surface area contributed by atoms with E-state index in [1.165, 1.54) is 0 Å². The van der Waals surface area contributed by atoms with E-state index >= 15 is 0 Å². The van der Waals surface area contributed by atoms with Gasteiger partial charge in [0.2, 0.25) is 0 Å². The average Bonchev–Trinajstić information content (AvgIpc) is 2.34. The molecule has 0 aliphatic carbocycles. The predicted octanol–water partition coefficient (Wildman–Crippen LogP) is 1.64. The van der Waals surface area contributed by atoms with E-state index in [-0.39, 0.29) is 6.04 Å². The largest absolute Gasteiger partial charge is 0.558 e. The molecular weight excluding hydrogens is 241 g/mol. The molecule has 0 rings (SSSR count). The first-order valence-corrected chi connectivity index (χ1v) is 6.98. The first-order valence-electron chi connectivity index (χ1n) is 6.98. The highest BCUT2D eigenvalue weighted by molar-refractivity contribution is 6.41. The zero-order valence-electron chi connectivity index (χ0n) is 13.1. The summed E-state index contributed by atoms with van der Waals surface area (Å²) in [6, 6.07) is 2.99. The van der Waals surface area contributed by atoms with E-state index in [4.69, 9.17) is 14.6 Å². The van der Waals surface area contributed by atoms with Crippen LogP contribution in [0.25, 0.3) is 0 Å². The maximum atomic E-state index is 8.60. The molecule has 0 bridgehead atoms. The Labute approximate surface area is 118 Å². The summed E-state index contributed by atoms with van der Waals surface area (Å²) in [6.07, 6.45) is 0.380. The van der Waals surface area contributed by atoms with Crippen molar-refractivity contribution >= 4 is 7.25 Å². The molecule has 0 heterocycles. The van der Waals surface area contributed by atoms with E-state index in [2.05, 4.69) is 50.8 Å². The minimum Gasteiger partial charge on any atom is -0.396 e. The fourth-order valence-electron chi connectivity index (χ4n) is 1.82. The smallest absolute Gasteiger partial charge is 0.396 e. The lowest BCUT2D eigenvalue weighted by Gasteiger charge is -2.34. The molecule has 0 radical (unpaired) electrons. The van der Waals surface area contributed by atoms with E-state index in [0.717, 1.165) is 0 Å². The normalized spacial score (nSPS) is 13.1. The van der Waals surface area contributed by atoms with Crippen LogP contribution in [-0.4, -0.2) is 50.5 Å². The number of likely N-dealkylation sites (N-methyl/N-ethyl adjacent to an activating group) is 1. The fourth-order valence-corrected chi connectivity index (χ4v) is 1.82. The number of rotatable bonds is 10. The maximum absolute atomic E-state index is 8.60. The Bertz CT molecular complexity index is 261. The van der Waals surface area contributed by atoms with Gasteiger partial charge in [-0.2, -0.15) is 5.26 Å². The summed E-state index contributed by atoms with van der Waals surface area (Å²) in [5.41, 5.74) is 0. The molecule has 1 unspecified atom stereocenters. The highest BCUT2D eigenvalue weighted by Crippen LogP contribution is 2.11. The Morgan fingerprint density at radius 1 is 1.16 bits per heavy atom. The minimum atomic E-state index is -0.399. The lowest BCUT2D eigenvalue weighted by atomic mass is 9.97. The van der Waals surface area contributed by atoms with Gasteiger partial charge >= 0.3 is 7.25 Å². The van der Waals surface area contributed by atoms with Crippen LogP contribution in [0.15, 0.2) is 0 Å². The highest BCUT2D eigenvalue weighted by Gasteiger charge is 2.32. The molecule has 1 atom stereocenters. The van der Waals surface area contributed by atoms with Gasteiger partial charge in [-0.25, -0.2) is 0 Å². The van der Waals surface area contributed by atoms with Crippen molar-refractivity contribution in [2.75, 3.05) is 20.3 Å². The Hall–Kier alpha value is -0.605. The van der Waals surface area contributed by atoms with Gasteiger partial charge in [0.15, 0.2) is 0 Å². The lowest BCUT2D eigenvalue weighted by molar-refractivity contribution is 0.110. The van der Waals surface area contributed by atoms with E-state index in [0.29, 0.717) is 31.7 Å². The molecule has 6 heteroatoms. The second-order valence-electron chi connectivity index (χ2n) is 5.24. The third-order valence-electron chi connectivity index (χ3n) is 2.89. The van der Waals surface area contributed by atoms with Gasteiger partial charge in [0, 0.05) is 19.3 Å². The average molecular weight is 269 g/mol. The van der Waals surface area contributed by atoms with Crippen LogP contribution in [0.5, 0.6) is 0 Å². The van der Waals surface area contributed by atoms with Crippen LogP contribution >= 0.6 is 0 Å². The van der Waals surface area contributed by atoms with Gasteiger partial charge in [0.1, 0.15) is 0 Å². The second kappa shape index (κ2) is 10.2. The quantitative estimate of drug-likeness (QED) is 0.482. The van der Waals surface area contributed by atoms with Crippen LogP contribution in [0.1, 0.15) is 41.0 Å². The minimum absolute atomic E-state index is 0.267. The monoisotopic (exact) mass is 269 g/mol. The van der Waals surface area contributed by atoms with Crippen molar-refractivity contribution in [1.82, 2.24) is 10.1 Å². The standard InChI is InChI=1S/C13H28BN3O2/c1-11(2)17(12(3)4)14(18-9-7-8-15)19-10-13(5)16-6/h11-13,16H,7,9-10H2,1-6H3. The van der Waals surface area contributed by atoms with Gasteiger partial charge in [-0.3, -0.25) is 4.81 Å². The number of hydrogen-bond donors (Lipinski definition) is 1. The number of hydrogen-bond acceptors (Lipinski definition) is 5. The maximum Gasteiger partial charge on any atom is 0.558 e. The van der Waals surface area contributed by atoms with Crippen LogP contribution in [0, 0.1) is 11.3 Å². The van der Waals surface area contributed by atoms with Crippen molar-refractivity contribution in [3.8, 4) is 6.07 Å². The van der Waals surface area contributed by atoms with Crippen molar-refractivity contribution in [3.05, 3.63) is 0 Å². The molecule has 0 saturated carbocycles. The second-order valence-corrected chi connectivity index (χ2v) is 5.24. The van der Waals surface area contributed by atoms with Crippen LogP contribution in [0.2, 0.25) is 0 Å². The molecular formula is C13H28BN3O2. The Balaban J connectivity index is 4.57. The van der Waals surface area contributed by atoms with Gasteiger partial charge in [0.25, 0.3) is 0 Å². The van der Waals surface area contributed by atoms with Gasteiger partial charge in [-0.1, -0.05) is 27.7 Å². The van der Waals surface area contributed by atoms with Crippen molar-refractivity contribution < 1.29 is 9.31 Å². The zero-order chi connectivity index (χ0) is 14.8. The molecule has 0 spiro atoms. The molecule has 0 aromatic carbocycles. The number of nitrogens with one attached hydrogen (secondary N) is 1. The summed E-state index contributed by atoms with van der Waals surface area (Å²) in [5, 5.41) is 11.7. The summed E-state index contributed by atoms with van der Waals surface area (Å²) in [7, 11) is 1.51. The molecule has 1 N–H and O–H groups in total. The molecule has 0 amide bonds. The van der Waals surface area contributed by atoms with Crippen LogP contribution in [0.4, 0.5) is 0 Å². The van der Waals surface area contributed by atoms with Gasteiger partial charge < -0.3 is 14.6 Å². The zero-order valence-corrected chi connectivity index (χ0v) is 13.1. The lowest BCUT2D eigenvalue weighted by Crippen LogP contribution is -2.53. The van der Waals surface area contributed by atoms with E-state index in [1.54, 1.807) is 0 Å². The van der Waals surface area contributed by atoms with Crippen LogP contribution in [0.3, 0.4) is 0 Å². The van der Waals surface area contributed by atoms with Crippen molar-refractivity contribution in [3.63, 3.8) is 0 Å². The Kier molecular flexibility index (Phi) is 9.89. The molecule has 0 saturated heterocycles. The summed E-state index contributed by atoms with van der Waals surface area (Å²) >= 11 is 0. The Morgan fingerprint density at radius 3 is 2.16 bits per heavy atom. The third kappa shape index (κ3) is 7.53. The molecule has 0 fully saturated rings. The summed E-state index contributed by atoms with van der Waals surface area (Å²) in [5.74, 6) is 0. The van der Waals surface area contributed by atoms with Crippen LogP contribution < -0.4 is 5.32 Å². The molecule has 19 heavy (non-hydrogen) atoms. The van der Waals surface area contributed by atoms with E-state index in [9.17, 15) is 0 Å². The van der Waals surface area contributed by atoms with E-state index in [1.807, 2.05) is 7.05 Å². The fraction of sp³-hybridized carbons (Fsp3) is 0.923. The molecule has 5 nitrogen and oxygen atoms in total. The molecule has 0 aliphatic heterocycles. The molecule has 0 aromatic heterocycles. The third-order valence-corrected chi connectivity index (χ3v) is 2.89. The number of nitrogens with zero attached hydrogens (tertiary/aromatic N) is 2. The first kappa shape index (κ1) is 18.4. The first-order chi connectivity index (χ1) is 8.93.